The van der Waals surface area contributed by atoms with Crippen LogP contribution in [0.5, 0.6) is 0 Å². The topological polar surface area (TPSA) is 49.6 Å². The van der Waals surface area contributed by atoms with Gasteiger partial charge in [-0.15, -0.1) is 0 Å². The zero-order valence-corrected chi connectivity index (χ0v) is 12.9. The van der Waals surface area contributed by atoms with E-state index < -0.39 is 0 Å². The van der Waals surface area contributed by atoms with E-state index in [9.17, 15) is 4.79 Å². The van der Waals surface area contributed by atoms with E-state index in [-0.39, 0.29) is 11.8 Å². The minimum Gasteiger partial charge on any atom is -0.325 e. The van der Waals surface area contributed by atoms with E-state index in [2.05, 4.69) is 38.2 Å². The lowest BCUT2D eigenvalue weighted by Crippen LogP contribution is -2.35. The Balaban J connectivity index is 1.72. The number of hydrogen-bond acceptors (Lipinski definition) is 3. The molecule has 2 aromatic rings. The summed E-state index contributed by atoms with van der Waals surface area (Å²) in [6, 6.07) is 3.79. The Labute approximate surface area is 126 Å². The molecule has 1 aliphatic rings. The van der Waals surface area contributed by atoms with Gasteiger partial charge in [0.05, 0.1) is 11.9 Å². The maximum absolute atomic E-state index is 12.3. The number of anilines is 1. The molecule has 1 saturated heterocycles. The van der Waals surface area contributed by atoms with E-state index in [1.165, 1.54) is 0 Å². The van der Waals surface area contributed by atoms with Crippen LogP contribution in [0, 0.1) is 5.92 Å². The standard InChI is InChI=1S/C14H17BrN4O/c1-18-6-4-10(5-7-18)14(20)17-11-2-3-13-16-8-12(15)19(13)9-11/h2-3,8-10H,4-7H2,1H3,(H,17,20). The number of rotatable bonds is 2. The molecule has 0 saturated carbocycles. The van der Waals surface area contributed by atoms with E-state index >= 15 is 0 Å². The lowest BCUT2D eigenvalue weighted by molar-refractivity contribution is -0.121. The Kier molecular flexibility index (Phi) is 3.76. The summed E-state index contributed by atoms with van der Waals surface area (Å²) in [5, 5.41) is 3.01. The predicted molar refractivity (Wildman–Crippen MR) is 81.7 cm³/mol. The van der Waals surface area contributed by atoms with Crippen LogP contribution < -0.4 is 5.32 Å². The molecule has 0 bridgehead atoms. The zero-order chi connectivity index (χ0) is 14.1. The number of amides is 1. The summed E-state index contributed by atoms with van der Waals surface area (Å²) in [6.07, 6.45) is 5.50. The largest absolute Gasteiger partial charge is 0.325 e. The summed E-state index contributed by atoms with van der Waals surface area (Å²) in [5.74, 6) is 0.238. The molecule has 1 amide bonds. The zero-order valence-electron chi connectivity index (χ0n) is 11.3. The molecule has 0 unspecified atom stereocenters. The molecule has 5 nitrogen and oxygen atoms in total. The molecule has 3 heterocycles. The van der Waals surface area contributed by atoms with Gasteiger partial charge in [-0.25, -0.2) is 4.98 Å². The van der Waals surface area contributed by atoms with Gasteiger partial charge in [0, 0.05) is 12.1 Å². The number of piperidine rings is 1. The van der Waals surface area contributed by atoms with Crippen molar-refractivity contribution in [1.29, 1.82) is 0 Å². The summed E-state index contributed by atoms with van der Waals surface area (Å²) >= 11 is 3.43. The average Bonchev–Trinajstić information content (AvgIpc) is 2.81. The van der Waals surface area contributed by atoms with Crippen molar-refractivity contribution in [2.45, 2.75) is 12.8 Å². The van der Waals surface area contributed by atoms with Gasteiger partial charge in [0.1, 0.15) is 10.3 Å². The van der Waals surface area contributed by atoms with Crippen molar-refractivity contribution in [3.8, 4) is 0 Å². The van der Waals surface area contributed by atoms with Gasteiger partial charge in [-0.1, -0.05) is 0 Å². The summed E-state index contributed by atoms with van der Waals surface area (Å²) in [5.41, 5.74) is 1.66. The van der Waals surface area contributed by atoms with Crippen LogP contribution in [-0.2, 0) is 4.79 Å². The first-order chi connectivity index (χ1) is 9.63. The summed E-state index contributed by atoms with van der Waals surface area (Å²) < 4.78 is 2.78. The van der Waals surface area contributed by atoms with Gasteiger partial charge in [0.25, 0.3) is 0 Å². The molecule has 0 aromatic carbocycles. The van der Waals surface area contributed by atoms with Crippen molar-refractivity contribution in [2.24, 2.45) is 5.92 Å². The predicted octanol–water partition coefficient (Wildman–Crippen LogP) is 2.38. The Hall–Kier alpha value is -1.40. The molecular weight excluding hydrogens is 320 g/mol. The maximum atomic E-state index is 12.3. The van der Waals surface area contributed by atoms with Crippen LogP contribution in [0.3, 0.4) is 0 Å². The van der Waals surface area contributed by atoms with E-state index in [0.29, 0.717) is 0 Å². The first-order valence-corrected chi connectivity index (χ1v) is 7.55. The van der Waals surface area contributed by atoms with Gasteiger partial charge in [-0.2, -0.15) is 0 Å². The highest BCUT2D eigenvalue weighted by Gasteiger charge is 2.23. The molecule has 0 spiro atoms. The number of carbonyl (C=O) groups excluding carboxylic acids is 1. The monoisotopic (exact) mass is 336 g/mol. The van der Waals surface area contributed by atoms with Gasteiger partial charge in [-0.3, -0.25) is 9.20 Å². The molecule has 0 radical (unpaired) electrons. The quantitative estimate of drug-likeness (QED) is 0.915. The molecule has 0 atom stereocenters. The average molecular weight is 337 g/mol. The van der Waals surface area contributed by atoms with Gasteiger partial charge < -0.3 is 10.2 Å². The number of nitrogens with one attached hydrogen (secondary N) is 1. The fourth-order valence-electron chi connectivity index (χ4n) is 2.54. The van der Waals surface area contributed by atoms with Crippen LogP contribution in [0.15, 0.2) is 29.1 Å². The molecule has 20 heavy (non-hydrogen) atoms. The van der Waals surface area contributed by atoms with E-state index in [1.807, 2.05) is 22.7 Å². The van der Waals surface area contributed by atoms with Gasteiger partial charge >= 0.3 is 0 Å². The molecule has 3 rings (SSSR count). The van der Waals surface area contributed by atoms with Gasteiger partial charge in [-0.05, 0) is 61.0 Å². The Morgan fingerprint density at radius 1 is 1.40 bits per heavy atom. The van der Waals surface area contributed by atoms with Crippen molar-refractivity contribution < 1.29 is 4.79 Å². The van der Waals surface area contributed by atoms with Gasteiger partial charge in [0.2, 0.25) is 5.91 Å². The number of aromatic nitrogens is 2. The fraction of sp³-hybridized carbons (Fsp3) is 0.429. The minimum absolute atomic E-state index is 0.119. The fourth-order valence-corrected chi connectivity index (χ4v) is 2.93. The van der Waals surface area contributed by atoms with Crippen LogP contribution in [0.1, 0.15) is 12.8 Å². The number of pyridine rings is 1. The van der Waals surface area contributed by atoms with E-state index in [0.717, 1.165) is 41.9 Å². The molecule has 2 aromatic heterocycles. The number of fused-ring (bicyclic) bond motifs is 1. The number of carbonyl (C=O) groups is 1. The highest BCUT2D eigenvalue weighted by atomic mass is 79.9. The summed E-state index contributed by atoms with van der Waals surface area (Å²) in [7, 11) is 2.10. The molecular formula is C14H17BrN4O. The van der Waals surface area contributed by atoms with Gasteiger partial charge in [0.15, 0.2) is 0 Å². The second-order valence-electron chi connectivity index (χ2n) is 5.29. The minimum atomic E-state index is 0.119. The lowest BCUT2D eigenvalue weighted by Gasteiger charge is -2.28. The SMILES string of the molecule is CN1CCC(C(=O)Nc2ccc3ncc(Br)n3c2)CC1. The molecule has 6 heteroatoms. The highest BCUT2D eigenvalue weighted by Crippen LogP contribution is 2.20. The third kappa shape index (κ3) is 2.71. The highest BCUT2D eigenvalue weighted by molar-refractivity contribution is 9.10. The van der Waals surface area contributed by atoms with Crippen LogP contribution in [0.4, 0.5) is 5.69 Å². The number of halogens is 1. The van der Waals surface area contributed by atoms with Crippen LogP contribution in [0.25, 0.3) is 5.65 Å². The summed E-state index contributed by atoms with van der Waals surface area (Å²) in [4.78, 5) is 18.8. The molecule has 0 aliphatic carbocycles. The Morgan fingerprint density at radius 3 is 2.90 bits per heavy atom. The Bertz CT molecular complexity index is 631. The number of nitrogens with zero attached hydrogens (tertiary/aromatic N) is 3. The number of imidazole rings is 1. The second kappa shape index (κ2) is 5.54. The molecule has 1 N–H and O–H groups in total. The molecule has 1 fully saturated rings. The van der Waals surface area contributed by atoms with Crippen molar-refractivity contribution in [1.82, 2.24) is 14.3 Å². The number of likely N-dealkylation sites (tertiary alicyclic amines) is 1. The van der Waals surface area contributed by atoms with Crippen molar-refractivity contribution in [2.75, 3.05) is 25.5 Å². The second-order valence-corrected chi connectivity index (χ2v) is 6.11. The molecule has 1 aliphatic heterocycles. The van der Waals surface area contributed by atoms with E-state index in [4.69, 9.17) is 0 Å². The summed E-state index contributed by atoms with van der Waals surface area (Å²) in [6.45, 7) is 1.98. The normalized spacial score (nSPS) is 17.5. The van der Waals surface area contributed by atoms with Crippen LogP contribution in [-0.4, -0.2) is 40.3 Å². The smallest absolute Gasteiger partial charge is 0.227 e. The Morgan fingerprint density at radius 2 is 2.15 bits per heavy atom. The first-order valence-electron chi connectivity index (χ1n) is 6.75. The molecule has 106 valence electrons. The first kappa shape index (κ1) is 13.6. The van der Waals surface area contributed by atoms with Crippen LogP contribution in [0.2, 0.25) is 0 Å². The third-order valence-electron chi connectivity index (χ3n) is 3.82. The number of hydrogen-bond donors (Lipinski definition) is 1. The van der Waals surface area contributed by atoms with Crippen molar-refractivity contribution in [3.63, 3.8) is 0 Å². The van der Waals surface area contributed by atoms with Crippen molar-refractivity contribution in [3.05, 3.63) is 29.1 Å². The van der Waals surface area contributed by atoms with Crippen LogP contribution >= 0.6 is 15.9 Å². The maximum Gasteiger partial charge on any atom is 0.227 e. The third-order valence-corrected chi connectivity index (χ3v) is 4.40. The van der Waals surface area contributed by atoms with E-state index in [1.54, 1.807) is 6.20 Å². The lowest BCUT2D eigenvalue weighted by atomic mass is 9.96. The van der Waals surface area contributed by atoms with Crippen molar-refractivity contribution >= 4 is 33.2 Å².